The first-order chi connectivity index (χ1) is 7.72. The van der Waals surface area contributed by atoms with Crippen molar-refractivity contribution >= 4 is 37.4 Å². The number of hydrogen-bond donors (Lipinski definition) is 1. The zero-order chi connectivity index (χ0) is 11.5. The van der Waals surface area contributed by atoms with Gasteiger partial charge < -0.3 is 5.32 Å². The summed E-state index contributed by atoms with van der Waals surface area (Å²) < 4.78 is 2.54. The fraction of sp³-hybridized carbons (Fsp3) is 0.385. The Morgan fingerprint density at radius 1 is 1.38 bits per heavy atom. The molecule has 86 valence electrons. The van der Waals surface area contributed by atoms with E-state index in [1.165, 1.54) is 26.9 Å². The number of aryl methyl sites for hydroxylation is 1. The molecule has 1 aromatic carbocycles. The molecule has 0 atom stereocenters. The Bertz CT molecular complexity index is 490. The van der Waals surface area contributed by atoms with Crippen LogP contribution in [0.15, 0.2) is 22.7 Å². The summed E-state index contributed by atoms with van der Waals surface area (Å²) in [5, 5.41) is 4.85. The Labute approximate surface area is 109 Å². The molecule has 0 aliphatic rings. The van der Waals surface area contributed by atoms with Crippen LogP contribution in [0.1, 0.15) is 23.8 Å². The Morgan fingerprint density at radius 2 is 2.19 bits per heavy atom. The van der Waals surface area contributed by atoms with Gasteiger partial charge in [0, 0.05) is 20.6 Å². The van der Waals surface area contributed by atoms with Crippen molar-refractivity contribution in [2.24, 2.45) is 0 Å². The highest BCUT2D eigenvalue weighted by atomic mass is 79.9. The van der Waals surface area contributed by atoms with E-state index in [9.17, 15) is 0 Å². The van der Waals surface area contributed by atoms with E-state index in [2.05, 4.69) is 53.3 Å². The van der Waals surface area contributed by atoms with Gasteiger partial charge >= 0.3 is 0 Å². The van der Waals surface area contributed by atoms with Crippen molar-refractivity contribution in [1.29, 1.82) is 0 Å². The standard InChI is InChI=1S/C13H16BrNS/c1-3-6-15-8-13-9(2)11-7-10(14)4-5-12(11)16-13/h4-5,7,15H,3,6,8H2,1-2H3. The molecule has 0 aliphatic heterocycles. The smallest absolute Gasteiger partial charge is 0.0349 e. The normalized spacial score (nSPS) is 11.2. The molecule has 0 amide bonds. The van der Waals surface area contributed by atoms with E-state index in [-0.39, 0.29) is 0 Å². The van der Waals surface area contributed by atoms with Crippen LogP contribution >= 0.6 is 27.3 Å². The van der Waals surface area contributed by atoms with E-state index >= 15 is 0 Å². The number of thiophene rings is 1. The Morgan fingerprint density at radius 3 is 2.94 bits per heavy atom. The third kappa shape index (κ3) is 2.47. The number of halogens is 1. The van der Waals surface area contributed by atoms with Crippen LogP contribution in [0.25, 0.3) is 10.1 Å². The topological polar surface area (TPSA) is 12.0 Å². The summed E-state index contributed by atoms with van der Waals surface area (Å²) in [6, 6.07) is 6.52. The van der Waals surface area contributed by atoms with Crippen LogP contribution in [0.4, 0.5) is 0 Å². The van der Waals surface area contributed by atoms with Gasteiger partial charge in [0.15, 0.2) is 0 Å². The zero-order valence-corrected chi connectivity index (χ0v) is 12.0. The van der Waals surface area contributed by atoms with Gasteiger partial charge in [-0.2, -0.15) is 0 Å². The number of fused-ring (bicyclic) bond motifs is 1. The summed E-state index contributed by atoms with van der Waals surface area (Å²) in [4.78, 5) is 1.46. The molecule has 0 saturated carbocycles. The summed E-state index contributed by atoms with van der Waals surface area (Å²) in [6.07, 6.45) is 1.19. The molecule has 0 unspecified atom stereocenters. The molecule has 0 spiro atoms. The van der Waals surface area contributed by atoms with Crippen LogP contribution in [-0.4, -0.2) is 6.54 Å². The molecule has 0 radical (unpaired) electrons. The predicted molar refractivity (Wildman–Crippen MR) is 76.3 cm³/mol. The van der Waals surface area contributed by atoms with Crippen LogP contribution in [0.3, 0.4) is 0 Å². The second-order valence-corrected chi connectivity index (χ2v) is 6.02. The maximum Gasteiger partial charge on any atom is 0.0349 e. The minimum absolute atomic E-state index is 0.997. The maximum atomic E-state index is 3.53. The van der Waals surface area contributed by atoms with Crippen LogP contribution in [0.2, 0.25) is 0 Å². The van der Waals surface area contributed by atoms with Crippen LogP contribution in [0.5, 0.6) is 0 Å². The van der Waals surface area contributed by atoms with Gasteiger partial charge in [-0.3, -0.25) is 0 Å². The highest BCUT2D eigenvalue weighted by Crippen LogP contribution is 2.32. The third-order valence-electron chi connectivity index (χ3n) is 2.71. The number of hydrogen-bond acceptors (Lipinski definition) is 2. The van der Waals surface area contributed by atoms with Crippen molar-refractivity contribution in [3.63, 3.8) is 0 Å². The van der Waals surface area contributed by atoms with Gasteiger partial charge in [-0.25, -0.2) is 0 Å². The molecule has 0 bridgehead atoms. The quantitative estimate of drug-likeness (QED) is 0.821. The summed E-state index contributed by atoms with van der Waals surface area (Å²) in [5.41, 5.74) is 1.42. The highest BCUT2D eigenvalue weighted by molar-refractivity contribution is 9.10. The SMILES string of the molecule is CCCNCc1sc2ccc(Br)cc2c1C. The first-order valence-corrected chi connectivity index (χ1v) is 7.21. The molecule has 1 nitrogen and oxygen atoms in total. The van der Waals surface area contributed by atoms with Crippen molar-refractivity contribution in [3.05, 3.63) is 33.1 Å². The second kappa shape index (κ2) is 5.30. The number of nitrogens with one attached hydrogen (secondary N) is 1. The molecule has 1 heterocycles. The van der Waals surface area contributed by atoms with Crippen molar-refractivity contribution < 1.29 is 0 Å². The van der Waals surface area contributed by atoms with E-state index in [4.69, 9.17) is 0 Å². The summed E-state index contributed by atoms with van der Waals surface area (Å²) in [6.45, 7) is 6.50. The van der Waals surface area contributed by atoms with Gasteiger partial charge in [0.1, 0.15) is 0 Å². The van der Waals surface area contributed by atoms with E-state index in [1.54, 1.807) is 0 Å². The monoisotopic (exact) mass is 297 g/mol. The molecule has 2 aromatic rings. The Hall–Kier alpha value is -0.380. The first-order valence-electron chi connectivity index (χ1n) is 5.60. The van der Waals surface area contributed by atoms with E-state index in [0.717, 1.165) is 17.6 Å². The minimum Gasteiger partial charge on any atom is -0.312 e. The lowest BCUT2D eigenvalue weighted by atomic mass is 10.1. The maximum absolute atomic E-state index is 3.53. The molecule has 3 heteroatoms. The number of benzene rings is 1. The minimum atomic E-state index is 0.997. The average Bonchev–Trinajstić information content (AvgIpc) is 2.57. The van der Waals surface area contributed by atoms with Crippen LogP contribution in [0, 0.1) is 6.92 Å². The molecule has 16 heavy (non-hydrogen) atoms. The van der Waals surface area contributed by atoms with Crippen molar-refractivity contribution in [2.75, 3.05) is 6.54 Å². The number of rotatable bonds is 4. The van der Waals surface area contributed by atoms with Crippen molar-refractivity contribution in [2.45, 2.75) is 26.8 Å². The van der Waals surface area contributed by atoms with E-state index in [1.807, 2.05) is 11.3 Å². The summed E-state index contributed by atoms with van der Waals surface area (Å²) in [5.74, 6) is 0. The largest absolute Gasteiger partial charge is 0.312 e. The predicted octanol–water partition coefficient (Wildman–Crippen LogP) is 4.47. The lowest BCUT2D eigenvalue weighted by Crippen LogP contribution is -2.13. The van der Waals surface area contributed by atoms with Gasteiger partial charge in [0.25, 0.3) is 0 Å². The second-order valence-electron chi connectivity index (χ2n) is 3.97. The van der Waals surface area contributed by atoms with E-state index < -0.39 is 0 Å². The van der Waals surface area contributed by atoms with Gasteiger partial charge in [-0.1, -0.05) is 22.9 Å². The lowest BCUT2D eigenvalue weighted by Gasteiger charge is -2.01. The van der Waals surface area contributed by atoms with Crippen molar-refractivity contribution in [3.8, 4) is 0 Å². The highest BCUT2D eigenvalue weighted by Gasteiger charge is 2.07. The lowest BCUT2D eigenvalue weighted by molar-refractivity contribution is 0.680. The Balaban J connectivity index is 2.29. The van der Waals surface area contributed by atoms with Gasteiger partial charge in [0.2, 0.25) is 0 Å². The fourth-order valence-electron chi connectivity index (χ4n) is 1.79. The molecule has 0 saturated heterocycles. The third-order valence-corrected chi connectivity index (χ3v) is 4.48. The zero-order valence-electron chi connectivity index (χ0n) is 9.64. The molecule has 0 fully saturated rings. The van der Waals surface area contributed by atoms with Gasteiger partial charge in [-0.05, 0) is 49.0 Å². The molecule has 0 aliphatic carbocycles. The van der Waals surface area contributed by atoms with E-state index in [0.29, 0.717) is 0 Å². The van der Waals surface area contributed by atoms with Gasteiger partial charge in [-0.15, -0.1) is 11.3 Å². The van der Waals surface area contributed by atoms with Gasteiger partial charge in [0.05, 0.1) is 0 Å². The molecular weight excluding hydrogens is 282 g/mol. The summed E-state index contributed by atoms with van der Waals surface area (Å²) in [7, 11) is 0. The molecule has 1 N–H and O–H groups in total. The first kappa shape index (κ1) is 12.1. The fourth-order valence-corrected chi connectivity index (χ4v) is 3.31. The average molecular weight is 298 g/mol. The molecule has 2 rings (SSSR count). The van der Waals surface area contributed by atoms with Crippen molar-refractivity contribution in [1.82, 2.24) is 5.32 Å². The Kier molecular flexibility index (Phi) is 4.00. The van der Waals surface area contributed by atoms with Crippen LogP contribution < -0.4 is 5.32 Å². The summed E-state index contributed by atoms with van der Waals surface area (Å²) >= 11 is 5.43. The van der Waals surface area contributed by atoms with Crippen LogP contribution in [-0.2, 0) is 6.54 Å². The molecular formula is C13H16BrNS. The molecule has 1 aromatic heterocycles.